The third-order valence-corrected chi connectivity index (χ3v) is 4.93. The Labute approximate surface area is 170 Å². The van der Waals surface area contributed by atoms with Crippen LogP contribution in [0.3, 0.4) is 0 Å². The highest BCUT2D eigenvalue weighted by Gasteiger charge is 2.26. The molecule has 0 N–H and O–H groups in total. The lowest BCUT2D eigenvalue weighted by atomic mass is 10.1. The third-order valence-electron chi connectivity index (χ3n) is 4.93. The number of hydrogen-bond donors (Lipinski definition) is 0. The molecule has 0 aromatic heterocycles. The van der Waals surface area contributed by atoms with Crippen LogP contribution in [0.1, 0.15) is 28.8 Å². The summed E-state index contributed by atoms with van der Waals surface area (Å²) in [5.74, 6) is 0.748. The first kappa shape index (κ1) is 20.9. The lowest BCUT2D eigenvalue weighted by Crippen LogP contribution is -2.37. The van der Waals surface area contributed by atoms with Gasteiger partial charge in [0.25, 0.3) is 5.91 Å². The van der Waals surface area contributed by atoms with Crippen molar-refractivity contribution in [2.24, 2.45) is 0 Å². The lowest BCUT2D eigenvalue weighted by molar-refractivity contribution is 0.0506. The van der Waals surface area contributed by atoms with Crippen LogP contribution >= 0.6 is 0 Å². The van der Waals surface area contributed by atoms with Gasteiger partial charge >= 0.3 is 0 Å². The van der Waals surface area contributed by atoms with E-state index in [1.165, 1.54) is 33.5 Å². The number of hydrogen-bond acceptors (Lipinski definition) is 5. The van der Waals surface area contributed by atoms with E-state index in [-0.39, 0.29) is 17.8 Å². The second-order valence-corrected chi connectivity index (χ2v) is 6.86. The normalized spacial score (nSPS) is 15.8. The van der Waals surface area contributed by atoms with Crippen molar-refractivity contribution < 1.29 is 28.1 Å². The van der Waals surface area contributed by atoms with Crippen molar-refractivity contribution in [2.45, 2.75) is 25.5 Å². The molecule has 7 heteroatoms. The van der Waals surface area contributed by atoms with Gasteiger partial charge in [0.15, 0.2) is 11.5 Å². The van der Waals surface area contributed by atoms with Crippen LogP contribution in [0.5, 0.6) is 17.2 Å². The SMILES string of the molecule is COc1cc(C(=O)N(Cc2ccc(F)cc2)CC2CCCO2)cc(OC)c1OC. The number of benzene rings is 2. The Morgan fingerprint density at radius 1 is 1.10 bits per heavy atom. The van der Waals surface area contributed by atoms with E-state index in [0.29, 0.717) is 42.5 Å². The number of carbonyl (C=O) groups excluding carboxylic acids is 1. The van der Waals surface area contributed by atoms with E-state index in [1.54, 1.807) is 29.2 Å². The fourth-order valence-corrected chi connectivity index (χ4v) is 3.45. The summed E-state index contributed by atoms with van der Waals surface area (Å²) in [6.45, 7) is 1.50. The van der Waals surface area contributed by atoms with Crippen molar-refractivity contribution in [3.05, 3.63) is 53.3 Å². The zero-order valence-electron chi connectivity index (χ0n) is 16.9. The molecule has 1 aliphatic rings. The largest absolute Gasteiger partial charge is 0.493 e. The highest BCUT2D eigenvalue weighted by molar-refractivity contribution is 5.95. The fraction of sp³-hybridized carbons (Fsp3) is 0.409. The van der Waals surface area contributed by atoms with Gasteiger partial charge in [-0.25, -0.2) is 4.39 Å². The van der Waals surface area contributed by atoms with Crippen molar-refractivity contribution in [2.75, 3.05) is 34.5 Å². The number of methoxy groups -OCH3 is 3. The van der Waals surface area contributed by atoms with Gasteiger partial charge in [-0.2, -0.15) is 0 Å². The van der Waals surface area contributed by atoms with Crippen molar-refractivity contribution >= 4 is 5.91 Å². The van der Waals surface area contributed by atoms with E-state index in [4.69, 9.17) is 18.9 Å². The number of halogens is 1. The van der Waals surface area contributed by atoms with Gasteiger partial charge in [-0.05, 0) is 42.7 Å². The zero-order valence-corrected chi connectivity index (χ0v) is 16.9. The van der Waals surface area contributed by atoms with Gasteiger partial charge in [-0.15, -0.1) is 0 Å². The van der Waals surface area contributed by atoms with Crippen molar-refractivity contribution in [1.29, 1.82) is 0 Å². The van der Waals surface area contributed by atoms with Crippen LogP contribution in [0.15, 0.2) is 36.4 Å². The minimum Gasteiger partial charge on any atom is -0.493 e. The van der Waals surface area contributed by atoms with Crippen LogP contribution in [0.25, 0.3) is 0 Å². The quantitative estimate of drug-likeness (QED) is 0.673. The Hall–Kier alpha value is -2.80. The van der Waals surface area contributed by atoms with Crippen LogP contribution in [0.2, 0.25) is 0 Å². The summed E-state index contributed by atoms with van der Waals surface area (Å²) in [6.07, 6.45) is 1.87. The summed E-state index contributed by atoms with van der Waals surface area (Å²) >= 11 is 0. The monoisotopic (exact) mass is 403 g/mol. The summed E-state index contributed by atoms with van der Waals surface area (Å²) in [5, 5.41) is 0. The maximum absolute atomic E-state index is 13.4. The fourth-order valence-electron chi connectivity index (χ4n) is 3.45. The molecule has 2 aromatic carbocycles. The Kier molecular flexibility index (Phi) is 6.93. The molecule has 0 spiro atoms. The minimum atomic E-state index is -0.310. The van der Waals surface area contributed by atoms with Gasteiger partial charge in [0, 0.05) is 25.3 Å². The lowest BCUT2D eigenvalue weighted by Gasteiger charge is -2.26. The molecule has 156 valence electrons. The number of amides is 1. The molecule has 1 heterocycles. The molecule has 1 fully saturated rings. The van der Waals surface area contributed by atoms with Crippen molar-refractivity contribution in [1.82, 2.24) is 4.90 Å². The summed E-state index contributed by atoms with van der Waals surface area (Å²) in [4.78, 5) is 15.1. The third kappa shape index (κ3) is 4.98. The molecule has 1 aliphatic heterocycles. The van der Waals surface area contributed by atoms with Crippen LogP contribution in [-0.4, -0.2) is 51.4 Å². The van der Waals surface area contributed by atoms with Crippen LogP contribution < -0.4 is 14.2 Å². The number of nitrogens with zero attached hydrogens (tertiary/aromatic N) is 1. The van der Waals surface area contributed by atoms with E-state index in [9.17, 15) is 9.18 Å². The summed E-state index contributed by atoms with van der Waals surface area (Å²) in [5.41, 5.74) is 1.25. The Morgan fingerprint density at radius 2 is 1.76 bits per heavy atom. The first-order chi connectivity index (χ1) is 14.0. The molecule has 2 aromatic rings. The van der Waals surface area contributed by atoms with E-state index in [1.807, 2.05) is 0 Å². The molecule has 3 rings (SSSR count). The van der Waals surface area contributed by atoms with Gasteiger partial charge in [-0.1, -0.05) is 12.1 Å². The molecule has 29 heavy (non-hydrogen) atoms. The molecule has 1 saturated heterocycles. The molecule has 1 unspecified atom stereocenters. The first-order valence-electron chi connectivity index (χ1n) is 9.51. The molecular formula is C22H26FNO5. The highest BCUT2D eigenvalue weighted by atomic mass is 19.1. The smallest absolute Gasteiger partial charge is 0.254 e. The Bertz CT molecular complexity index is 809. The standard InChI is InChI=1S/C22H26FNO5/c1-26-19-11-16(12-20(27-2)21(19)28-3)22(25)24(14-18-5-4-10-29-18)13-15-6-8-17(23)9-7-15/h6-9,11-12,18H,4-5,10,13-14H2,1-3H3. The van der Waals surface area contributed by atoms with E-state index in [2.05, 4.69) is 0 Å². The van der Waals surface area contributed by atoms with E-state index >= 15 is 0 Å². The van der Waals surface area contributed by atoms with Crippen LogP contribution in [0, 0.1) is 5.82 Å². The zero-order chi connectivity index (χ0) is 20.8. The van der Waals surface area contributed by atoms with E-state index in [0.717, 1.165) is 18.4 Å². The molecule has 0 bridgehead atoms. The van der Waals surface area contributed by atoms with Gasteiger partial charge in [-0.3, -0.25) is 4.79 Å². The topological polar surface area (TPSA) is 57.2 Å². The second kappa shape index (κ2) is 9.60. The second-order valence-electron chi connectivity index (χ2n) is 6.86. The molecule has 0 radical (unpaired) electrons. The number of carbonyl (C=O) groups is 1. The van der Waals surface area contributed by atoms with Gasteiger partial charge in [0.2, 0.25) is 5.75 Å². The molecular weight excluding hydrogens is 377 g/mol. The minimum absolute atomic E-state index is 0.0126. The maximum Gasteiger partial charge on any atom is 0.254 e. The Morgan fingerprint density at radius 3 is 2.28 bits per heavy atom. The van der Waals surface area contributed by atoms with Crippen LogP contribution in [0.4, 0.5) is 4.39 Å². The molecule has 1 amide bonds. The molecule has 1 atom stereocenters. The first-order valence-corrected chi connectivity index (χ1v) is 9.51. The molecule has 0 saturated carbocycles. The summed E-state index contributed by atoms with van der Waals surface area (Å²) in [7, 11) is 4.53. The summed E-state index contributed by atoms with van der Waals surface area (Å²) < 4.78 is 35.1. The number of ether oxygens (including phenoxy) is 4. The predicted molar refractivity (Wildman–Crippen MR) is 106 cm³/mol. The van der Waals surface area contributed by atoms with Crippen LogP contribution in [-0.2, 0) is 11.3 Å². The average Bonchev–Trinajstić information content (AvgIpc) is 3.26. The Balaban J connectivity index is 1.91. The average molecular weight is 403 g/mol. The van der Waals surface area contributed by atoms with Crippen molar-refractivity contribution in [3.63, 3.8) is 0 Å². The maximum atomic E-state index is 13.4. The molecule has 0 aliphatic carbocycles. The van der Waals surface area contributed by atoms with Crippen molar-refractivity contribution in [3.8, 4) is 17.2 Å². The van der Waals surface area contributed by atoms with Gasteiger partial charge < -0.3 is 23.8 Å². The van der Waals surface area contributed by atoms with Gasteiger partial charge in [0.1, 0.15) is 5.82 Å². The van der Waals surface area contributed by atoms with E-state index < -0.39 is 0 Å². The summed E-state index contributed by atoms with van der Waals surface area (Å²) in [6, 6.07) is 9.42. The predicted octanol–water partition coefficient (Wildman–Crippen LogP) is 3.67. The number of rotatable bonds is 8. The highest BCUT2D eigenvalue weighted by Crippen LogP contribution is 2.38. The van der Waals surface area contributed by atoms with Gasteiger partial charge in [0.05, 0.1) is 27.4 Å². The molecule has 6 nitrogen and oxygen atoms in total.